The van der Waals surface area contributed by atoms with Gasteiger partial charge < -0.3 is 10.1 Å². The molecule has 0 radical (unpaired) electrons. The molecule has 1 unspecified atom stereocenters. The smallest absolute Gasteiger partial charge is 0.241 e. The van der Waals surface area contributed by atoms with Crippen LogP contribution in [0.3, 0.4) is 0 Å². The minimum Gasteiger partial charge on any atom is -0.367 e. The number of rotatable bonds is 5. The highest BCUT2D eigenvalue weighted by Gasteiger charge is 2.32. The van der Waals surface area contributed by atoms with Crippen molar-refractivity contribution in [3.63, 3.8) is 0 Å². The van der Waals surface area contributed by atoms with Gasteiger partial charge in [0, 0.05) is 43.5 Å². The van der Waals surface area contributed by atoms with Crippen LogP contribution < -0.4 is 5.32 Å². The highest BCUT2D eigenvalue weighted by atomic mass is 16.5. The van der Waals surface area contributed by atoms with Gasteiger partial charge in [-0.25, -0.2) is 9.97 Å². The summed E-state index contributed by atoms with van der Waals surface area (Å²) in [6, 6.07) is 1.79. The Labute approximate surface area is 135 Å². The van der Waals surface area contributed by atoms with E-state index in [0.717, 1.165) is 31.4 Å². The minimum absolute atomic E-state index is 0.0969. The highest BCUT2D eigenvalue weighted by molar-refractivity contribution is 5.75. The Balaban J connectivity index is 1.54. The molecule has 1 atom stereocenters. The summed E-state index contributed by atoms with van der Waals surface area (Å²) < 4.78 is 7.42. The largest absolute Gasteiger partial charge is 0.367 e. The first-order chi connectivity index (χ1) is 11.2. The summed E-state index contributed by atoms with van der Waals surface area (Å²) in [5.41, 5.74) is 0.474. The Kier molecular flexibility index (Phi) is 4.66. The van der Waals surface area contributed by atoms with Crippen LogP contribution in [0.5, 0.6) is 0 Å². The van der Waals surface area contributed by atoms with Gasteiger partial charge in [0.15, 0.2) is 5.82 Å². The number of carbonyl (C=O) groups is 1. The van der Waals surface area contributed by atoms with Crippen LogP contribution in [0.4, 0.5) is 0 Å². The lowest BCUT2D eigenvalue weighted by Gasteiger charge is -2.32. The number of nitrogens with zero attached hydrogens (tertiary/aromatic N) is 4. The lowest BCUT2D eigenvalue weighted by molar-refractivity contribution is -0.122. The van der Waals surface area contributed by atoms with Crippen molar-refractivity contribution < 1.29 is 9.53 Å². The molecule has 23 heavy (non-hydrogen) atoms. The van der Waals surface area contributed by atoms with Crippen LogP contribution >= 0.6 is 0 Å². The van der Waals surface area contributed by atoms with Gasteiger partial charge in [0.1, 0.15) is 12.1 Å². The zero-order valence-corrected chi connectivity index (χ0v) is 13.2. The molecule has 1 aliphatic rings. The summed E-state index contributed by atoms with van der Waals surface area (Å²) in [4.78, 5) is 20.7. The Hall–Kier alpha value is -2.28. The van der Waals surface area contributed by atoms with Crippen molar-refractivity contribution in [1.29, 1.82) is 0 Å². The molecule has 0 saturated carbocycles. The quantitative estimate of drug-likeness (QED) is 0.902. The van der Waals surface area contributed by atoms with Gasteiger partial charge in [-0.15, -0.1) is 0 Å². The number of nitrogens with one attached hydrogen (secondary N) is 1. The fraction of sp³-hybridized carbons (Fsp3) is 0.500. The fourth-order valence-corrected chi connectivity index (χ4v) is 2.63. The van der Waals surface area contributed by atoms with E-state index in [0.29, 0.717) is 12.4 Å². The van der Waals surface area contributed by atoms with Crippen molar-refractivity contribution in [2.75, 3.05) is 6.61 Å². The lowest BCUT2D eigenvalue weighted by atomic mass is 9.95. The predicted molar refractivity (Wildman–Crippen MR) is 83.3 cm³/mol. The second kappa shape index (κ2) is 6.87. The van der Waals surface area contributed by atoms with Gasteiger partial charge in [0.05, 0.1) is 0 Å². The molecular weight excluding hydrogens is 294 g/mol. The molecule has 0 aliphatic carbocycles. The van der Waals surface area contributed by atoms with Gasteiger partial charge in [-0.2, -0.15) is 5.10 Å². The molecule has 1 saturated heterocycles. The molecule has 1 amide bonds. The summed E-state index contributed by atoms with van der Waals surface area (Å²) >= 11 is 0. The molecule has 0 spiro atoms. The molecule has 0 aromatic carbocycles. The average Bonchev–Trinajstić information content (AvgIpc) is 3.07. The maximum absolute atomic E-state index is 11.8. The molecule has 3 rings (SSSR count). The van der Waals surface area contributed by atoms with Gasteiger partial charge in [0.25, 0.3) is 0 Å². The van der Waals surface area contributed by atoms with E-state index < -0.39 is 0 Å². The van der Waals surface area contributed by atoms with Gasteiger partial charge in [-0.1, -0.05) is 0 Å². The predicted octanol–water partition coefficient (Wildman–Crippen LogP) is 1.41. The Morgan fingerprint density at radius 2 is 2.22 bits per heavy atom. The topological polar surface area (TPSA) is 81.9 Å². The monoisotopic (exact) mass is 315 g/mol. The molecule has 3 heterocycles. The first-order valence-electron chi connectivity index (χ1n) is 7.85. The summed E-state index contributed by atoms with van der Waals surface area (Å²) in [6.45, 7) is 3.40. The van der Waals surface area contributed by atoms with E-state index in [1.165, 1.54) is 0 Å². The molecule has 1 N–H and O–H groups in total. The number of ether oxygens (including phenoxy) is 1. The van der Waals surface area contributed by atoms with E-state index >= 15 is 0 Å². The highest BCUT2D eigenvalue weighted by Crippen LogP contribution is 2.32. The van der Waals surface area contributed by atoms with E-state index in [-0.39, 0.29) is 18.1 Å². The van der Waals surface area contributed by atoms with Crippen molar-refractivity contribution in [1.82, 2.24) is 25.1 Å². The third kappa shape index (κ3) is 3.92. The van der Waals surface area contributed by atoms with Crippen LogP contribution in [0.25, 0.3) is 0 Å². The molecule has 7 heteroatoms. The van der Waals surface area contributed by atoms with E-state index in [2.05, 4.69) is 20.4 Å². The molecular formula is C16H21N5O2. The van der Waals surface area contributed by atoms with Crippen LogP contribution in [-0.2, 0) is 28.2 Å². The van der Waals surface area contributed by atoms with Crippen molar-refractivity contribution in [2.45, 2.75) is 44.9 Å². The van der Waals surface area contributed by atoms with Gasteiger partial charge >= 0.3 is 0 Å². The SMILES string of the molecule is CC1(c2ncc(CNC(=O)Cn3cccn3)cn2)CCCCO1. The molecule has 7 nitrogen and oxygen atoms in total. The first kappa shape index (κ1) is 15.6. The van der Waals surface area contributed by atoms with Crippen molar-refractivity contribution >= 4 is 5.91 Å². The molecule has 1 fully saturated rings. The maximum atomic E-state index is 11.8. The third-order valence-electron chi connectivity index (χ3n) is 4.00. The standard InChI is InChI=1S/C16H21N5O2/c1-16(5-2-3-8-23-16)15-18-10-13(11-19-15)9-17-14(22)12-21-7-4-6-20-21/h4,6-7,10-11H,2-3,5,8-9,12H2,1H3,(H,17,22). The third-order valence-corrected chi connectivity index (χ3v) is 4.00. The van der Waals surface area contributed by atoms with Crippen LogP contribution in [0.1, 0.15) is 37.6 Å². The number of amides is 1. The van der Waals surface area contributed by atoms with Gasteiger partial charge in [-0.3, -0.25) is 9.48 Å². The van der Waals surface area contributed by atoms with E-state index in [1.54, 1.807) is 35.5 Å². The zero-order valence-electron chi connectivity index (χ0n) is 13.2. The summed E-state index contributed by atoms with van der Waals surface area (Å²) in [5, 5.41) is 6.83. The van der Waals surface area contributed by atoms with Gasteiger partial charge in [-0.05, 0) is 32.3 Å². The molecule has 0 bridgehead atoms. The minimum atomic E-state index is -0.389. The number of carbonyl (C=O) groups excluding carboxylic acids is 1. The fourth-order valence-electron chi connectivity index (χ4n) is 2.63. The summed E-state index contributed by atoms with van der Waals surface area (Å²) in [7, 11) is 0. The maximum Gasteiger partial charge on any atom is 0.241 e. The Bertz CT molecular complexity index is 633. The molecule has 1 aliphatic heterocycles. The Morgan fingerprint density at radius 3 is 2.87 bits per heavy atom. The Morgan fingerprint density at radius 1 is 1.39 bits per heavy atom. The van der Waals surface area contributed by atoms with E-state index in [4.69, 9.17) is 4.74 Å². The van der Waals surface area contributed by atoms with Gasteiger partial charge in [0.2, 0.25) is 5.91 Å². The van der Waals surface area contributed by atoms with Crippen molar-refractivity contribution in [3.8, 4) is 0 Å². The van der Waals surface area contributed by atoms with E-state index in [1.807, 2.05) is 6.92 Å². The van der Waals surface area contributed by atoms with E-state index in [9.17, 15) is 4.79 Å². The second-order valence-corrected chi connectivity index (χ2v) is 5.93. The van der Waals surface area contributed by atoms with Crippen LogP contribution in [0.2, 0.25) is 0 Å². The van der Waals surface area contributed by atoms with Crippen LogP contribution in [-0.4, -0.2) is 32.3 Å². The molecule has 2 aromatic heterocycles. The number of aromatic nitrogens is 4. The van der Waals surface area contributed by atoms with Crippen LogP contribution in [0, 0.1) is 0 Å². The molecule has 2 aromatic rings. The van der Waals surface area contributed by atoms with Crippen molar-refractivity contribution in [3.05, 3.63) is 42.2 Å². The lowest BCUT2D eigenvalue weighted by Crippen LogP contribution is -2.32. The summed E-state index contributed by atoms with van der Waals surface area (Å²) in [5.74, 6) is 0.615. The van der Waals surface area contributed by atoms with Crippen LogP contribution in [0.15, 0.2) is 30.9 Å². The first-order valence-corrected chi connectivity index (χ1v) is 7.85. The number of hydrogen-bond donors (Lipinski definition) is 1. The van der Waals surface area contributed by atoms with Crippen molar-refractivity contribution in [2.24, 2.45) is 0 Å². The number of hydrogen-bond acceptors (Lipinski definition) is 5. The summed E-state index contributed by atoms with van der Waals surface area (Å²) in [6.07, 6.45) is 10.1. The average molecular weight is 315 g/mol. The normalized spacial score (nSPS) is 21.1. The zero-order chi connectivity index (χ0) is 16.1. The second-order valence-electron chi connectivity index (χ2n) is 5.93. The molecule has 122 valence electrons.